The highest BCUT2D eigenvalue weighted by Crippen LogP contribution is 2.46. The van der Waals surface area contributed by atoms with Crippen molar-refractivity contribution >= 4 is 10.8 Å². The lowest BCUT2D eigenvalue weighted by Crippen LogP contribution is -2.27. The minimum atomic E-state index is -2.99. The van der Waals surface area contributed by atoms with Crippen molar-refractivity contribution in [3.63, 3.8) is 0 Å². The average molecular weight is 155 g/mol. The second-order valence-electron chi connectivity index (χ2n) is 2.08. The molecule has 0 aromatic heterocycles. The molecule has 0 aliphatic carbocycles. The van der Waals surface area contributed by atoms with E-state index in [0.29, 0.717) is 12.8 Å². The third-order valence-electron chi connectivity index (χ3n) is 1.32. The van der Waals surface area contributed by atoms with Crippen LogP contribution in [-0.2, 0) is 0 Å². The molecule has 0 radical (unpaired) electrons. The Hall–Kier alpha value is 0.160. The first-order valence-corrected chi connectivity index (χ1v) is 4.49. The van der Waals surface area contributed by atoms with Gasteiger partial charge in [-0.15, -0.1) is 15.3 Å². The van der Waals surface area contributed by atoms with Gasteiger partial charge in [0.1, 0.15) is 0 Å². The first-order chi connectivity index (χ1) is 4.13. The van der Waals surface area contributed by atoms with E-state index < -0.39 is 10.8 Å². The monoisotopic (exact) mass is 155 g/mol. The summed E-state index contributed by atoms with van der Waals surface area (Å²) >= 11 is 0. The zero-order valence-corrected chi connectivity index (χ0v) is 5.77. The van der Waals surface area contributed by atoms with Crippen LogP contribution in [-0.4, -0.2) is 25.9 Å². The molecule has 3 nitrogen and oxygen atoms in total. The Labute approximate surface area is 54.9 Å². The average Bonchev–Trinajstić information content (AvgIpc) is 1.77. The van der Waals surface area contributed by atoms with E-state index >= 15 is 0 Å². The molecule has 56 valence electrons. The lowest BCUT2D eigenvalue weighted by Gasteiger charge is -2.39. The van der Waals surface area contributed by atoms with Crippen molar-refractivity contribution in [1.29, 1.82) is 0 Å². The first kappa shape index (κ1) is 7.27. The van der Waals surface area contributed by atoms with Crippen LogP contribution in [0.5, 0.6) is 0 Å². The minimum Gasteiger partial charge on any atom is -0.284 e. The van der Waals surface area contributed by atoms with E-state index in [1.54, 1.807) is 0 Å². The van der Waals surface area contributed by atoms with Gasteiger partial charge >= 0.3 is 0 Å². The zero-order valence-electron chi connectivity index (χ0n) is 4.96. The van der Waals surface area contributed by atoms with Gasteiger partial charge in [-0.2, -0.15) is 0 Å². The maximum absolute atomic E-state index is 12.3. The first-order valence-electron chi connectivity index (χ1n) is 2.82. The molecule has 0 unspecified atom stereocenters. The molecule has 0 spiro atoms. The predicted octanol–water partition coefficient (Wildman–Crippen LogP) is 1.63. The zero-order chi connectivity index (χ0) is 6.91. The molecule has 1 aliphatic heterocycles. The Morgan fingerprint density at radius 2 is 2.00 bits per heavy atom. The largest absolute Gasteiger partial charge is 0.284 e. The van der Waals surface area contributed by atoms with Gasteiger partial charge in [0.25, 0.3) is 0 Å². The van der Waals surface area contributed by atoms with Crippen molar-refractivity contribution in [3.8, 4) is 0 Å². The van der Waals surface area contributed by atoms with E-state index in [4.69, 9.17) is 9.11 Å². The van der Waals surface area contributed by atoms with Crippen molar-refractivity contribution in [1.82, 2.24) is 4.53 Å². The van der Waals surface area contributed by atoms with E-state index in [1.165, 1.54) is 0 Å². The van der Waals surface area contributed by atoms with Gasteiger partial charge in [0.05, 0.1) is 12.3 Å². The fraction of sp³-hybridized carbons (Fsp3) is 1.00. The molecule has 1 saturated heterocycles. The van der Waals surface area contributed by atoms with Crippen molar-refractivity contribution in [2.24, 2.45) is 0 Å². The highest BCUT2D eigenvalue weighted by molar-refractivity contribution is 8.22. The van der Waals surface area contributed by atoms with E-state index in [1.807, 2.05) is 0 Å². The number of nitrogens with zero attached hydrogens (tertiary/aromatic N) is 1. The summed E-state index contributed by atoms with van der Waals surface area (Å²) in [4.78, 5) is 0. The molecule has 1 aliphatic rings. The van der Waals surface area contributed by atoms with E-state index in [0.717, 1.165) is 0 Å². The van der Waals surface area contributed by atoms with Crippen LogP contribution in [0.3, 0.4) is 0 Å². The SMILES string of the molecule is OS1(O)CCCCN1F. The molecule has 0 amide bonds. The summed E-state index contributed by atoms with van der Waals surface area (Å²) in [6.45, 7) is 0.155. The maximum Gasteiger partial charge on any atom is 0.0556 e. The van der Waals surface area contributed by atoms with Gasteiger partial charge in [-0.3, -0.25) is 9.11 Å². The van der Waals surface area contributed by atoms with Gasteiger partial charge in [0.15, 0.2) is 0 Å². The molecular weight excluding hydrogens is 145 g/mol. The quantitative estimate of drug-likeness (QED) is 0.522. The lowest BCUT2D eigenvalue weighted by atomic mass is 10.3. The number of halogens is 1. The van der Waals surface area contributed by atoms with Crippen LogP contribution in [0.15, 0.2) is 0 Å². The van der Waals surface area contributed by atoms with E-state index in [-0.39, 0.29) is 16.8 Å². The van der Waals surface area contributed by atoms with E-state index in [9.17, 15) is 4.48 Å². The molecular formula is C4H10FNO2S. The summed E-state index contributed by atoms with van der Waals surface area (Å²) in [5.41, 5.74) is 0. The van der Waals surface area contributed by atoms with Gasteiger partial charge in [0.2, 0.25) is 0 Å². The van der Waals surface area contributed by atoms with Gasteiger partial charge < -0.3 is 0 Å². The lowest BCUT2D eigenvalue weighted by molar-refractivity contribution is 0.108. The molecule has 0 aromatic rings. The van der Waals surface area contributed by atoms with Crippen LogP contribution in [0.4, 0.5) is 4.48 Å². The molecule has 5 heteroatoms. The Kier molecular flexibility index (Phi) is 1.95. The van der Waals surface area contributed by atoms with Crippen molar-refractivity contribution < 1.29 is 13.6 Å². The summed E-state index contributed by atoms with van der Waals surface area (Å²) in [6, 6.07) is 0. The normalized spacial score (nSPS) is 31.9. The van der Waals surface area contributed by atoms with Gasteiger partial charge in [-0.1, -0.05) is 0 Å². The number of rotatable bonds is 0. The highest BCUT2D eigenvalue weighted by atomic mass is 32.3. The molecule has 1 heterocycles. The third kappa shape index (κ3) is 1.54. The number of hydrogen-bond acceptors (Lipinski definition) is 3. The summed E-state index contributed by atoms with van der Waals surface area (Å²) in [7, 11) is -2.99. The summed E-state index contributed by atoms with van der Waals surface area (Å²) in [5, 5.41) is 0. The molecule has 1 fully saturated rings. The van der Waals surface area contributed by atoms with Crippen LogP contribution in [0.1, 0.15) is 12.8 Å². The van der Waals surface area contributed by atoms with Crippen LogP contribution < -0.4 is 0 Å². The van der Waals surface area contributed by atoms with Crippen molar-refractivity contribution in [2.45, 2.75) is 12.8 Å². The molecule has 0 bridgehead atoms. The van der Waals surface area contributed by atoms with Crippen LogP contribution in [0.25, 0.3) is 0 Å². The fourth-order valence-corrected chi connectivity index (χ4v) is 1.99. The van der Waals surface area contributed by atoms with Crippen LogP contribution in [0, 0.1) is 0 Å². The predicted molar refractivity (Wildman–Crippen MR) is 34.8 cm³/mol. The third-order valence-corrected chi connectivity index (χ3v) is 2.97. The van der Waals surface area contributed by atoms with Crippen LogP contribution >= 0.6 is 10.8 Å². The Morgan fingerprint density at radius 1 is 1.33 bits per heavy atom. The fourth-order valence-electron chi connectivity index (χ4n) is 0.777. The van der Waals surface area contributed by atoms with Crippen LogP contribution in [0.2, 0.25) is 0 Å². The molecule has 2 N–H and O–H groups in total. The number of hydrogen-bond donors (Lipinski definition) is 2. The second kappa shape index (κ2) is 2.42. The topological polar surface area (TPSA) is 43.7 Å². The molecule has 0 aromatic carbocycles. The Balaban J connectivity index is 2.49. The Morgan fingerprint density at radius 3 is 2.33 bits per heavy atom. The second-order valence-corrected chi connectivity index (χ2v) is 4.15. The molecule has 0 atom stereocenters. The molecule has 0 saturated carbocycles. The summed E-state index contributed by atoms with van der Waals surface area (Å²) < 4.78 is 30.1. The van der Waals surface area contributed by atoms with E-state index in [2.05, 4.69) is 0 Å². The minimum absolute atomic E-state index is 0.149. The van der Waals surface area contributed by atoms with Gasteiger partial charge in [-0.25, -0.2) is 0 Å². The van der Waals surface area contributed by atoms with Gasteiger partial charge in [-0.05, 0) is 17.4 Å². The Bertz CT molecular complexity index is 111. The highest BCUT2D eigenvalue weighted by Gasteiger charge is 2.25. The standard InChI is InChI=1S/C4H10FNO2S/c5-6-3-1-2-4-9(6,7)8/h7-8H,1-4H2. The molecule has 9 heavy (non-hydrogen) atoms. The molecule has 1 rings (SSSR count). The van der Waals surface area contributed by atoms with Crippen molar-refractivity contribution in [2.75, 3.05) is 12.3 Å². The van der Waals surface area contributed by atoms with Gasteiger partial charge in [0, 0.05) is 0 Å². The van der Waals surface area contributed by atoms with Crippen molar-refractivity contribution in [3.05, 3.63) is 0 Å². The smallest absolute Gasteiger partial charge is 0.0556 e. The summed E-state index contributed by atoms with van der Waals surface area (Å²) in [6.07, 6.45) is 1.43. The summed E-state index contributed by atoms with van der Waals surface area (Å²) in [5.74, 6) is 0.184. The maximum atomic E-state index is 12.3.